The molecule has 1 aromatic heterocycles. The molecule has 0 amide bonds. The van der Waals surface area contributed by atoms with Crippen LogP contribution < -0.4 is 5.73 Å². The maximum absolute atomic E-state index is 6.19. The third kappa shape index (κ3) is 2.71. The smallest absolute Gasteiger partial charge is 0.150 e. The second kappa shape index (κ2) is 5.10. The van der Waals surface area contributed by atoms with Crippen LogP contribution in [-0.4, -0.2) is 14.8 Å². The molecule has 1 aromatic carbocycles. The molecule has 4 heteroatoms. The molecule has 0 bridgehead atoms. The molecule has 0 aliphatic carbocycles. The van der Waals surface area contributed by atoms with E-state index in [2.05, 4.69) is 36.2 Å². The number of nitrogens with zero attached hydrogens (tertiary/aromatic N) is 3. The monoisotopic (exact) mass is 230 g/mol. The molecule has 0 radical (unpaired) electrons. The Kier molecular flexibility index (Phi) is 3.54. The summed E-state index contributed by atoms with van der Waals surface area (Å²) in [5, 5.41) is 8.06. The Morgan fingerprint density at radius 3 is 2.59 bits per heavy atom. The van der Waals surface area contributed by atoms with Gasteiger partial charge in [0, 0.05) is 6.04 Å². The fourth-order valence-electron chi connectivity index (χ4n) is 1.87. The first-order chi connectivity index (χ1) is 8.18. The maximum atomic E-state index is 6.19. The molecule has 0 unspecified atom stereocenters. The van der Waals surface area contributed by atoms with Crippen molar-refractivity contribution in [1.29, 1.82) is 0 Å². The van der Waals surface area contributed by atoms with Crippen molar-refractivity contribution in [1.82, 2.24) is 14.8 Å². The molecule has 0 saturated carbocycles. The highest BCUT2D eigenvalue weighted by Gasteiger charge is 2.15. The lowest BCUT2D eigenvalue weighted by atomic mass is 10.1. The van der Waals surface area contributed by atoms with Gasteiger partial charge in [-0.3, -0.25) is 0 Å². The maximum Gasteiger partial charge on any atom is 0.150 e. The van der Waals surface area contributed by atoms with E-state index in [-0.39, 0.29) is 6.04 Å². The van der Waals surface area contributed by atoms with Crippen LogP contribution >= 0.6 is 0 Å². The summed E-state index contributed by atoms with van der Waals surface area (Å²) >= 11 is 0. The fraction of sp³-hybridized carbons (Fsp3) is 0.385. The molecule has 2 aromatic rings. The topological polar surface area (TPSA) is 56.7 Å². The molecule has 1 atom stereocenters. The van der Waals surface area contributed by atoms with E-state index < -0.39 is 0 Å². The zero-order chi connectivity index (χ0) is 12.3. The van der Waals surface area contributed by atoms with Gasteiger partial charge >= 0.3 is 0 Å². The number of benzene rings is 1. The minimum Gasteiger partial charge on any atom is -0.321 e. The van der Waals surface area contributed by atoms with Gasteiger partial charge in [0.2, 0.25) is 0 Å². The zero-order valence-corrected chi connectivity index (χ0v) is 10.2. The standard InChI is InChI=1S/C13H18N4/c1-10(2)17-9-15-16-13(17)12(14)8-11-6-4-3-5-7-11/h3-7,9-10,12H,8,14H2,1-2H3/t12-/m0/s1. The fourth-order valence-corrected chi connectivity index (χ4v) is 1.87. The molecule has 4 nitrogen and oxygen atoms in total. The predicted octanol–water partition coefficient (Wildman–Crippen LogP) is 2.10. The Bertz CT molecular complexity index is 461. The lowest BCUT2D eigenvalue weighted by Gasteiger charge is -2.15. The molecule has 2 rings (SSSR count). The van der Waals surface area contributed by atoms with Gasteiger partial charge in [-0.15, -0.1) is 10.2 Å². The lowest BCUT2D eigenvalue weighted by Crippen LogP contribution is -2.19. The summed E-state index contributed by atoms with van der Waals surface area (Å²) in [4.78, 5) is 0. The van der Waals surface area contributed by atoms with Gasteiger partial charge in [0.15, 0.2) is 0 Å². The molecule has 0 saturated heterocycles. The summed E-state index contributed by atoms with van der Waals surface area (Å²) in [6, 6.07) is 10.4. The van der Waals surface area contributed by atoms with E-state index in [1.807, 2.05) is 22.8 Å². The molecule has 90 valence electrons. The third-order valence-electron chi connectivity index (χ3n) is 2.79. The Labute approximate surface area is 101 Å². The van der Waals surface area contributed by atoms with Gasteiger partial charge in [-0.25, -0.2) is 0 Å². The average Bonchev–Trinajstić information content (AvgIpc) is 2.79. The minimum atomic E-state index is -0.109. The van der Waals surface area contributed by atoms with Gasteiger partial charge < -0.3 is 10.3 Å². The Hall–Kier alpha value is -1.68. The van der Waals surface area contributed by atoms with Gasteiger partial charge in [0.1, 0.15) is 12.2 Å². The number of aromatic nitrogens is 3. The first-order valence-corrected chi connectivity index (χ1v) is 5.87. The molecular formula is C13H18N4. The van der Waals surface area contributed by atoms with Gasteiger partial charge in [0.05, 0.1) is 6.04 Å². The van der Waals surface area contributed by atoms with Crippen molar-refractivity contribution in [2.45, 2.75) is 32.4 Å². The van der Waals surface area contributed by atoms with Crippen molar-refractivity contribution >= 4 is 0 Å². The minimum absolute atomic E-state index is 0.109. The largest absolute Gasteiger partial charge is 0.321 e. The Balaban J connectivity index is 2.15. The lowest BCUT2D eigenvalue weighted by molar-refractivity contribution is 0.528. The Morgan fingerprint density at radius 2 is 1.94 bits per heavy atom. The van der Waals surface area contributed by atoms with Crippen molar-refractivity contribution in [3.05, 3.63) is 48.0 Å². The van der Waals surface area contributed by atoms with Gasteiger partial charge in [-0.05, 0) is 25.8 Å². The Morgan fingerprint density at radius 1 is 1.24 bits per heavy atom. The van der Waals surface area contributed by atoms with Crippen LogP contribution in [0.15, 0.2) is 36.7 Å². The molecule has 0 fully saturated rings. The van der Waals surface area contributed by atoms with Crippen molar-refractivity contribution in [2.75, 3.05) is 0 Å². The van der Waals surface area contributed by atoms with Crippen LogP contribution in [0.25, 0.3) is 0 Å². The third-order valence-corrected chi connectivity index (χ3v) is 2.79. The van der Waals surface area contributed by atoms with E-state index in [0.29, 0.717) is 6.04 Å². The van der Waals surface area contributed by atoms with E-state index in [0.717, 1.165) is 12.2 Å². The molecule has 0 spiro atoms. The summed E-state index contributed by atoms with van der Waals surface area (Å²) in [6.07, 6.45) is 2.52. The van der Waals surface area contributed by atoms with Crippen LogP contribution in [0.5, 0.6) is 0 Å². The van der Waals surface area contributed by atoms with Gasteiger partial charge in [0.25, 0.3) is 0 Å². The summed E-state index contributed by atoms with van der Waals surface area (Å²) in [5.74, 6) is 0.851. The normalized spacial score (nSPS) is 12.9. The first kappa shape index (κ1) is 11.8. The molecule has 2 N–H and O–H groups in total. The van der Waals surface area contributed by atoms with E-state index in [9.17, 15) is 0 Å². The summed E-state index contributed by atoms with van der Waals surface area (Å²) in [7, 11) is 0. The molecule has 1 heterocycles. The number of nitrogens with two attached hydrogens (primary N) is 1. The van der Waals surface area contributed by atoms with E-state index in [1.54, 1.807) is 6.33 Å². The van der Waals surface area contributed by atoms with E-state index >= 15 is 0 Å². The molecule has 0 aliphatic heterocycles. The number of hydrogen-bond donors (Lipinski definition) is 1. The van der Waals surface area contributed by atoms with E-state index in [4.69, 9.17) is 5.73 Å². The predicted molar refractivity (Wildman–Crippen MR) is 67.5 cm³/mol. The summed E-state index contributed by atoms with van der Waals surface area (Å²) < 4.78 is 2.02. The van der Waals surface area contributed by atoms with Crippen LogP contribution in [0.2, 0.25) is 0 Å². The second-order valence-electron chi connectivity index (χ2n) is 4.49. The zero-order valence-electron chi connectivity index (χ0n) is 10.2. The first-order valence-electron chi connectivity index (χ1n) is 5.87. The molecule has 0 aliphatic rings. The van der Waals surface area contributed by atoms with Gasteiger partial charge in [-0.2, -0.15) is 0 Å². The van der Waals surface area contributed by atoms with Crippen molar-refractivity contribution in [2.24, 2.45) is 5.73 Å². The molecular weight excluding hydrogens is 212 g/mol. The van der Waals surface area contributed by atoms with Crippen LogP contribution in [0, 0.1) is 0 Å². The highest BCUT2D eigenvalue weighted by atomic mass is 15.3. The van der Waals surface area contributed by atoms with Gasteiger partial charge in [-0.1, -0.05) is 30.3 Å². The van der Waals surface area contributed by atoms with Crippen LogP contribution in [0.3, 0.4) is 0 Å². The second-order valence-corrected chi connectivity index (χ2v) is 4.49. The number of rotatable bonds is 4. The van der Waals surface area contributed by atoms with Crippen molar-refractivity contribution in [3.8, 4) is 0 Å². The van der Waals surface area contributed by atoms with Crippen LogP contribution in [0.4, 0.5) is 0 Å². The summed E-state index contributed by atoms with van der Waals surface area (Å²) in [6.45, 7) is 4.20. The van der Waals surface area contributed by atoms with Crippen molar-refractivity contribution in [3.63, 3.8) is 0 Å². The quantitative estimate of drug-likeness (QED) is 0.875. The highest BCUT2D eigenvalue weighted by molar-refractivity contribution is 5.17. The average molecular weight is 230 g/mol. The summed E-state index contributed by atoms with van der Waals surface area (Å²) in [5.41, 5.74) is 7.41. The highest BCUT2D eigenvalue weighted by Crippen LogP contribution is 2.16. The van der Waals surface area contributed by atoms with Crippen molar-refractivity contribution < 1.29 is 0 Å². The molecule has 17 heavy (non-hydrogen) atoms. The van der Waals surface area contributed by atoms with Crippen LogP contribution in [0.1, 0.15) is 37.3 Å². The SMILES string of the molecule is CC(C)n1cnnc1[C@@H](N)Cc1ccccc1. The van der Waals surface area contributed by atoms with Crippen LogP contribution in [-0.2, 0) is 6.42 Å². The van der Waals surface area contributed by atoms with E-state index in [1.165, 1.54) is 5.56 Å². The number of hydrogen-bond acceptors (Lipinski definition) is 3.